The van der Waals surface area contributed by atoms with Crippen LogP contribution < -0.4 is 5.32 Å². The van der Waals surface area contributed by atoms with E-state index in [0.717, 1.165) is 43.8 Å². The van der Waals surface area contributed by atoms with Gasteiger partial charge in [0, 0.05) is 13.1 Å². The molecule has 142 valence electrons. The molecular formula is C16H17F3N2O3S2. The molecule has 10 heteroatoms. The van der Waals surface area contributed by atoms with Gasteiger partial charge in [0.1, 0.15) is 4.32 Å². The molecule has 1 aromatic rings. The Labute approximate surface area is 158 Å². The zero-order chi connectivity index (χ0) is 19.3. The number of nitrogens with zero attached hydrogens (tertiary/aromatic N) is 1. The van der Waals surface area contributed by atoms with Gasteiger partial charge in [-0.1, -0.05) is 24.0 Å². The smallest absolute Gasteiger partial charge is 0.317 e. The summed E-state index contributed by atoms with van der Waals surface area (Å²) in [5, 5.41) is 2.05. The Kier molecular flexibility index (Phi) is 7.27. The van der Waals surface area contributed by atoms with E-state index in [0.29, 0.717) is 10.4 Å². The molecule has 0 unspecified atom stereocenters. The fraction of sp³-hybridized carbons (Fsp3) is 0.438. The van der Waals surface area contributed by atoms with Gasteiger partial charge in [0.05, 0.1) is 11.4 Å². The maximum atomic E-state index is 13.5. The molecule has 26 heavy (non-hydrogen) atoms. The van der Waals surface area contributed by atoms with Crippen molar-refractivity contribution >= 4 is 45.9 Å². The van der Waals surface area contributed by atoms with Crippen molar-refractivity contribution in [1.82, 2.24) is 4.90 Å². The van der Waals surface area contributed by atoms with Crippen LogP contribution in [-0.4, -0.2) is 46.0 Å². The Morgan fingerprint density at radius 1 is 1.27 bits per heavy atom. The molecule has 2 rings (SSSR count). The highest BCUT2D eigenvalue weighted by Crippen LogP contribution is 2.20. The Morgan fingerprint density at radius 3 is 2.58 bits per heavy atom. The Hall–Kier alpha value is -1.81. The minimum absolute atomic E-state index is 0.0630. The van der Waals surface area contributed by atoms with Crippen LogP contribution in [-0.2, 0) is 14.3 Å². The Balaban J connectivity index is 1.81. The Bertz CT molecular complexity index is 712. The molecular weight excluding hydrogens is 389 g/mol. The number of carbonyl (C=O) groups is 2. The minimum Gasteiger partial charge on any atom is -0.452 e. The number of esters is 1. The first kappa shape index (κ1) is 20.5. The number of carbonyl (C=O) groups excluding carboxylic acids is 2. The van der Waals surface area contributed by atoms with E-state index in [1.807, 2.05) is 4.90 Å². The quantitative estimate of drug-likeness (QED) is 0.461. The molecule has 1 heterocycles. The number of nitrogens with one attached hydrogen (secondary N) is 1. The van der Waals surface area contributed by atoms with E-state index in [4.69, 9.17) is 17.0 Å². The summed E-state index contributed by atoms with van der Waals surface area (Å²) in [5.74, 6) is -6.18. The van der Waals surface area contributed by atoms with E-state index in [2.05, 4.69) is 5.32 Å². The maximum Gasteiger partial charge on any atom is 0.317 e. The lowest BCUT2D eigenvalue weighted by molar-refractivity contribution is -0.150. The number of rotatable bonds is 5. The van der Waals surface area contributed by atoms with E-state index in [-0.39, 0.29) is 5.75 Å². The van der Waals surface area contributed by atoms with Crippen LogP contribution in [0.3, 0.4) is 0 Å². The van der Waals surface area contributed by atoms with E-state index in [1.54, 1.807) is 0 Å². The molecule has 0 aromatic heterocycles. The van der Waals surface area contributed by atoms with Crippen molar-refractivity contribution in [3.8, 4) is 0 Å². The molecule has 1 amide bonds. The highest BCUT2D eigenvalue weighted by atomic mass is 32.2. The number of hydrogen-bond donors (Lipinski definition) is 1. The predicted molar refractivity (Wildman–Crippen MR) is 96.4 cm³/mol. The third kappa shape index (κ3) is 5.34. The van der Waals surface area contributed by atoms with Crippen LogP contribution >= 0.6 is 24.0 Å². The largest absolute Gasteiger partial charge is 0.452 e. The van der Waals surface area contributed by atoms with Crippen molar-refractivity contribution < 1.29 is 27.5 Å². The normalized spacial score (nSPS) is 14.8. The lowest BCUT2D eigenvalue weighted by Gasteiger charge is -2.18. The lowest BCUT2D eigenvalue weighted by Crippen LogP contribution is -2.31. The Morgan fingerprint density at radius 2 is 1.92 bits per heavy atom. The summed E-state index contributed by atoms with van der Waals surface area (Å²) >= 11 is 6.36. The van der Waals surface area contributed by atoms with E-state index in [9.17, 15) is 22.8 Å². The van der Waals surface area contributed by atoms with Crippen molar-refractivity contribution in [3.63, 3.8) is 0 Å². The van der Waals surface area contributed by atoms with Gasteiger partial charge in [-0.05, 0) is 31.9 Å². The first-order valence-corrected chi connectivity index (χ1v) is 9.24. The third-order valence-electron chi connectivity index (χ3n) is 3.65. The van der Waals surface area contributed by atoms with E-state index in [1.165, 1.54) is 6.92 Å². The zero-order valence-electron chi connectivity index (χ0n) is 13.9. The van der Waals surface area contributed by atoms with Gasteiger partial charge in [-0.2, -0.15) is 0 Å². The zero-order valence-corrected chi connectivity index (χ0v) is 15.5. The second-order valence-electron chi connectivity index (χ2n) is 5.59. The number of benzene rings is 1. The molecule has 0 saturated carbocycles. The molecule has 5 nitrogen and oxygen atoms in total. The van der Waals surface area contributed by atoms with Gasteiger partial charge in [-0.3, -0.25) is 9.59 Å². The summed E-state index contributed by atoms with van der Waals surface area (Å²) in [7, 11) is 0. The van der Waals surface area contributed by atoms with Gasteiger partial charge in [0.15, 0.2) is 23.6 Å². The number of thiocarbonyl (C=S) groups is 1. The average Bonchev–Trinajstić information content (AvgIpc) is 3.14. The second kappa shape index (κ2) is 9.22. The van der Waals surface area contributed by atoms with Gasteiger partial charge >= 0.3 is 5.97 Å². The number of anilines is 1. The topological polar surface area (TPSA) is 58.6 Å². The highest BCUT2D eigenvalue weighted by molar-refractivity contribution is 8.23. The first-order chi connectivity index (χ1) is 12.3. The van der Waals surface area contributed by atoms with Gasteiger partial charge in [-0.25, -0.2) is 13.2 Å². The fourth-order valence-electron chi connectivity index (χ4n) is 2.25. The van der Waals surface area contributed by atoms with Crippen molar-refractivity contribution in [3.05, 3.63) is 29.6 Å². The van der Waals surface area contributed by atoms with E-state index >= 15 is 0 Å². The van der Waals surface area contributed by atoms with Gasteiger partial charge in [-0.15, -0.1) is 0 Å². The first-order valence-electron chi connectivity index (χ1n) is 7.85. The summed E-state index contributed by atoms with van der Waals surface area (Å²) in [5.41, 5.74) is -0.540. The third-order valence-corrected chi connectivity index (χ3v) is 5.15. The molecule has 1 fully saturated rings. The van der Waals surface area contributed by atoms with Gasteiger partial charge in [0.2, 0.25) is 0 Å². The summed E-state index contributed by atoms with van der Waals surface area (Å²) in [4.78, 5) is 25.7. The molecule has 0 spiro atoms. The standard InChI is InChI=1S/C16H17F3N2O3S2/c1-9(15(23)20-11-5-4-10(17)13(18)14(11)19)24-12(22)8-26-16(25)21-6-2-3-7-21/h4-5,9H,2-3,6-8H2,1H3,(H,20,23)/t9-/m1/s1. The van der Waals surface area contributed by atoms with Crippen molar-refractivity contribution in [2.45, 2.75) is 25.9 Å². The SMILES string of the molecule is C[C@@H](OC(=O)CSC(=S)N1CCCC1)C(=O)Nc1ccc(F)c(F)c1F. The predicted octanol–water partition coefficient (Wildman–Crippen LogP) is 3.09. The van der Waals surface area contributed by atoms with E-state index < -0.39 is 41.1 Å². The lowest BCUT2D eigenvalue weighted by atomic mass is 10.2. The minimum atomic E-state index is -1.70. The number of likely N-dealkylation sites (tertiary alicyclic amines) is 1. The molecule has 1 aliphatic rings. The van der Waals surface area contributed by atoms with Crippen LogP contribution in [0.1, 0.15) is 19.8 Å². The van der Waals surface area contributed by atoms with Crippen LogP contribution in [0.2, 0.25) is 0 Å². The number of amides is 1. The van der Waals surface area contributed by atoms with Gasteiger partial charge < -0.3 is 15.0 Å². The molecule has 1 N–H and O–H groups in total. The highest BCUT2D eigenvalue weighted by Gasteiger charge is 2.22. The van der Waals surface area contributed by atoms with Gasteiger partial charge in [0.25, 0.3) is 5.91 Å². The van der Waals surface area contributed by atoms with Crippen LogP contribution in [0.25, 0.3) is 0 Å². The summed E-state index contributed by atoms with van der Waals surface area (Å²) < 4.78 is 45.1. The van der Waals surface area contributed by atoms with Crippen molar-refractivity contribution in [2.24, 2.45) is 0 Å². The molecule has 0 bridgehead atoms. The van der Waals surface area contributed by atoms with Crippen molar-refractivity contribution in [2.75, 3.05) is 24.2 Å². The molecule has 1 aromatic carbocycles. The molecule has 1 aliphatic heterocycles. The molecule has 0 radical (unpaired) electrons. The van der Waals surface area contributed by atoms with Crippen LogP contribution in [0.4, 0.5) is 18.9 Å². The second-order valence-corrected chi connectivity index (χ2v) is 7.20. The molecule has 1 atom stereocenters. The summed E-state index contributed by atoms with van der Waals surface area (Å²) in [6, 6.07) is 1.56. The maximum absolute atomic E-state index is 13.5. The number of hydrogen-bond acceptors (Lipinski definition) is 5. The number of halogens is 3. The average molecular weight is 406 g/mol. The fourth-order valence-corrected chi connectivity index (χ4v) is 3.29. The number of thioether (sulfide) groups is 1. The van der Waals surface area contributed by atoms with Crippen molar-refractivity contribution in [1.29, 1.82) is 0 Å². The molecule has 0 aliphatic carbocycles. The van der Waals surface area contributed by atoms with Crippen LogP contribution in [0.15, 0.2) is 12.1 Å². The van der Waals surface area contributed by atoms with Crippen LogP contribution in [0, 0.1) is 17.5 Å². The summed E-state index contributed by atoms with van der Waals surface area (Å²) in [6.07, 6.45) is 0.877. The van der Waals surface area contributed by atoms with Crippen LogP contribution in [0.5, 0.6) is 0 Å². The number of ether oxygens (including phenoxy) is 1. The monoisotopic (exact) mass is 406 g/mol. The molecule has 1 saturated heterocycles. The summed E-state index contributed by atoms with van der Waals surface area (Å²) in [6.45, 7) is 3.01.